The summed E-state index contributed by atoms with van der Waals surface area (Å²) in [7, 11) is 3.03. The van der Waals surface area contributed by atoms with Crippen LogP contribution in [0, 0.1) is 12.8 Å². The first kappa shape index (κ1) is 24.1. The maximum atomic E-state index is 13.1. The van der Waals surface area contributed by atoms with E-state index in [1.807, 2.05) is 10.6 Å². The van der Waals surface area contributed by atoms with Crippen molar-refractivity contribution in [3.8, 4) is 11.5 Å². The zero-order valence-electron chi connectivity index (χ0n) is 20.8. The van der Waals surface area contributed by atoms with Gasteiger partial charge in [0, 0.05) is 56.5 Å². The Hall–Kier alpha value is -3.66. The van der Waals surface area contributed by atoms with Crippen LogP contribution in [0.3, 0.4) is 0 Å². The normalized spacial score (nSPS) is 19.1. The maximum absolute atomic E-state index is 13.1. The summed E-state index contributed by atoms with van der Waals surface area (Å²) in [4.78, 5) is 44.9. The van der Waals surface area contributed by atoms with Crippen LogP contribution in [0.25, 0.3) is 10.9 Å². The van der Waals surface area contributed by atoms with Crippen molar-refractivity contribution >= 4 is 16.8 Å². The van der Waals surface area contributed by atoms with Crippen LogP contribution in [-0.2, 0) is 17.9 Å². The van der Waals surface area contributed by atoms with Crippen molar-refractivity contribution in [3.63, 3.8) is 0 Å². The van der Waals surface area contributed by atoms with Crippen LogP contribution >= 0.6 is 0 Å². The fourth-order valence-corrected chi connectivity index (χ4v) is 5.58. The van der Waals surface area contributed by atoms with Crippen molar-refractivity contribution in [2.45, 2.75) is 32.4 Å². The zero-order chi connectivity index (χ0) is 25.4. The standard InChI is InChI=1S/C26H31N5O5/c1-16-28-20-11-23(36-3)22(35-2)10-19(20)26(34)30(16)15-24(32)27-7-8-29-12-17-9-18(14-29)21-5-4-6-25(33)31(21)13-17/h4-6,10-11,17-18H,7-9,12-15H2,1-3H3,(H,27,32)/t17-,18+/m1/s1. The van der Waals surface area contributed by atoms with Crippen LogP contribution in [0.15, 0.2) is 39.9 Å². The van der Waals surface area contributed by atoms with Crippen molar-refractivity contribution in [2.75, 3.05) is 40.4 Å². The molecule has 2 aromatic heterocycles. The van der Waals surface area contributed by atoms with E-state index in [0.29, 0.717) is 46.6 Å². The number of carbonyl (C=O) groups is 1. The molecule has 0 unspecified atom stereocenters. The van der Waals surface area contributed by atoms with Gasteiger partial charge in [-0.25, -0.2) is 4.98 Å². The second kappa shape index (κ2) is 9.77. The number of nitrogens with one attached hydrogen (secondary N) is 1. The number of aromatic nitrogens is 3. The molecule has 1 fully saturated rings. The molecule has 2 aliphatic rings. The number of methoxy groups -OCH3 is 2. The molecule has 190 valence electrons. The number of fused-ring (bicyclic) bond motifs is 5. The molecule has 36 heavy (non-hydrogen) atoms. The molecule has 2 bridgehead atoms. The lowest BCUT2D eigenvalue weighted by Crippen LogP contribution is -2.49. The van der Waals surface area contributed by atoms with Gasteiger partial charge in [0.05, 0.1) is 25.1 Å². The third kappa shape index (κ3) is 4.48. The minimum absolute atomic E-state index is 0.0780. The third-order valence-electron chi connectivity index (χ3n) is 7.26. The molecule has 0 spiro atoms. The second-order valence-electron chi connectivity index (χ2n) is 9.58. The lowest BCUT2D eigenvalue weighted by Gasteiger charge is -2.42. The number of amides is 1. The third-order valence-corrected chi connectivity index (χ3v) is 7.26. The molecular weight excluding hydrogens is 462 g/mol. The van der Waals surface area contributed by atoms with E-state index in [0.717, 1.165) is 38.3 Å². The van der Waals surface area contributed by atoms with E-state index in [2.05, 4.69) is 21.3 Å². The highest BCUT2D eigenvalue weighted by molar-refractivity contribution is 5.82. The Labute approximate surface area is 208 Å². The van der Waals surface area contributed by atoms with Gasteiger partial charge in [0.15, 0.2) is 11.5 Å². The Balaban J connectivity index is 1.22. The summed E-state index contributed by atoms with van der Waals surface area (Å²) in [6, 6.07) is 8.78. The van der Waals surface area contributed by atoms with Crippen LogP contribution in [0.2, 0.25) is 0 Å². The van der Waals surface area contributed by atoms with Gasteiger partial charge in [0.2, 0.25) is 5.91 Å². The number of pyridine rings is 1. The maximum Gasteiger partial charge on any atom is 0.262 e. The van der Waals surface area contributed by atoms with Crippen molar-refractivity contribution in [1.82, 2.24) is 24.3 Å². The molecule has 10 nitrogen and oxygen atoms in total. The first-order valence-electron chi connectivity index (χ1n) is 12.2. The molecule has 1 N–H and O–H groups in total. The number of hydrogen-bond acceptors (Lipinski definition) is 7. The Morgan fingerprint density at radius 1 is 1.11 bits per heavy atom. The average molecular weight is 494 g/mol. The van der Waals surface area contributed by atoms with E-state index in [9.17, 15) is 14.4 Å². The first-order valence-corrected chi connectivity index (χ1v) is 12.2. The van der Waals surface area contributed by atoms with Gasteiger partial charge in [0.1, 0.15) is 12.4 Å². The molecule has 1 amide bonds. The summed E-state index contributed by atoms with van der Waals surface area (Å²) in [5.41, 5.74) is 1.38. The molecule has 1 saturated heterocycles. The van der Waals surface area contributed by atoms with Crippen LogP contribution < -0.4 is 25.9 Å². The van der Waals surface area contributed by atoms with Crippen LogP contribution in [0.5, 0.6) is 11.5 Å². The predicted octanol–water partition coefficient (Wildman–Crippen LogP) is 1.12. The summed E-state index contributed by atoms with van der Waals surface area (Å²) in [5, 5.41) is 3.31. The van der Waals surface area contributed by atoms with Gasteiger partial charge in [-0.1, -0.05) is 6.07 Å². The monoisotopic (exact) mass is 493 g/mol. The van der Waals surface area contributed by atoms with E-state index in [-0.39, 0.29) is 23.6 Å². The average Bonchev–Trinajstić information content (AvgIpc) is 2.86. The lowest BCUT2D eigenvalue weighted by atomic mass is 9.83. The van der Waals surface area contributed by atoms with Crippen molar-refractivity contribution in [3.05, 3.63) is 62.6 Å². The lowest BCUT2D eigenvalue weighted by molar-refractivity contribution is -0.121. The fraction of sp³-hybridized carbons (Fsp3) is 0.462. The molecule has 4 heterocycles. The molecule has 10 heteroatoms. The molecule has 0 aliphatic carbocycles. The summed E-state index contributed by atoms with van der Waals surface area (Å²) < 4.78 is 13.9. The molecular formula is C26H31N5O5. The minimum Gasteiger partial charge on any atom is -0.493 e. The Morgan fingerprint density at radius 2 is 1.89 bits per heavy atom. The smallest absolute Gasteiger partial charge is 0.262 e. The number of ether oxygens (including phenoxy) is 2. The Kier molecular flexibility index (Phi) is 6.53. The first-order chi connectivity index (χ1) is 17.4. The van der Waals surface area contributed by atoms with E-state index in [1.54, 1.807) is 25.1 Å². The van der Waals surface area contributed by atoms with Gasteiger partial charge >= 0.3 is 0 Å². The van der Waals surface area contributed by atoms with Crippen LogP contribution in [-0.4, -0.2) is 65.3 Å². The predicted molar refractivity (Wildman–Crippen MR) is 135 cm³/mol. The number of rotatable bonds is 7. The molecule has 2 atom stereocenters. The highest BCUT2D eigenvalue weighted by Gasteiger charge is 2.34. The molecule has 3 aromatic rings. The highest BCUT2D eigenvalue weighted by Crippen LogP contribution is 2.34. The van der Waals surface area contributed by atoms with Gasteiger partial charge in [-0.15, -0.1) is 0 Å². The zero-order valence-corrected chi connectivity index (χ0v) is 20.8. The minimum atomic E-state index is -0.300. The number of carbonyl (C=O) groups excluding carboxylic acids is 1. The molecule has 0 radical (unpaired) electrons. The van der Waals surface area contributed by atoms with E-state index in [4.69, 9.17) is 9.47 Å². The van der Waals surface area contributed by atoms with Crippen LogP contribution in [0.1, 0.15) is 23.9 Å². The van der Waals surface area contributed by atoms with E-state index in [1.165, 1.54) is 18.8 Å². The van der Waals surface area contributed by atoms with Gasteiger partial charge < -0.3 is 24.3 Å². The van der Waals surface area contributed by atoms with E-state index >= 15 is 0 Å². The number of benzene rings is 1. The topological polar surface area (TPSA) is 108 Å². The van der Waals surface area contributed by atoms with Crippen molar-refractivity contribution in [2.24, 2.45) is 5.92 Å². The highest BCUT2D eigenvalue weighted by atomic mass is 16.5. The summed E-state index contributed by atoms with van der Waals surface area (Å²) in [5.74, 6) is 1.91. The molecule has 2 aliphatic heterocycles. The number of likely N-dealkylation sites (tertiary alicyclic amines) is 1. The van der Waals surface area contributed by atoms with Crippen molar-refractivity contribution in [1.29, 1.82) is 0 Å². The number of piperidine rings is 1. The quantitative estimate of drug-likeness (QED) is 0.526. The van der Waals surface area contributed by atoms with Gasteiger partial charge in [0.25, 0.3) is 11.1 Å². The van der Waals surface area contributed by atoms with Gasteiger partial charge in [-0.3, -0.25) is 19.0 Å². The number of hydrogen-bond donors (Lipinski definition) is 1. The van der Waals surface area contributed by atoms with Gasteiger partial charge in [-0.05, 0) is 31.4 Å². The Morgan fingerprint density at radius 3 is 2.67 bits per heavy atom. The van der Waals surface area contributed by atoms with Crippen LogP contribution in [0.4, 0.5) is 0 Å². The Bertz CT molecular complexity index is 1430. The molecule has 0 saturated carbocycles. The summed E-state index contributed by atoms with van der Waals surface area (Å²) in [6.45, 7) is 5.34. The number of nitrogens with zero attached hydrogens (tertiary/aromatic N) is 4. The van der Waals surface area contributed by atoms with E-state index < -0.39 is 0 Å². The number of aryl methyl sites for hydroxylation is 1. The molecule has 5 rings (SSSR count). The fourth-order valence-electron chi connectivity index (χ4n) is 5.58. The largest absolute Gasteiger partial charge is 0.493 e. The SMILES string of the molecule is COc1cc2nc(C)n(CC(=O)NCCN3C[C@H]4C[C@@H](C3)c3cccc(=O)n3C4)c(=O)c2cc1OC. The van der Waals surface area contributed by atoms with Crippen molar-refractivity contribution < 1.29 is 14.3 Å². The summed E-state index contributed by atoms with van der Waals surface area (Å²) >= 11 is 0. The second-order valence-corrected chi connectivity index (χ2v) is 9.58. The molecule has 1 aromatic carbocycles. The summed E-state index contributed by atoms with van der Waals surface area (Å²) in [6.07, 6.45) is 1.10. The van der Waals surface area contributed by atoms with Gasteiger partial charge in [-0.2, -0.15) is 0 Å².